The highest BCUT2D eigenvalue weighted by Gasteiger charge is 2.26. The fourth-order valence-electron chi connectivity index (χ4n) is 2.35. The van der Waals surface area contributed by atoms with Crippen molar-refractivity contribution in [3.63, 3.8) is 0 Å². The minimum Gasteiger partial charge on any atom is -0.329 e. The molecule has 0 aliphatic carbocycles. The Kier molecular flexibility index (Phi) is 6.02. The molecule has 0 saturated heterocycles. The van der Waals surface area contributed by atoms with Crippen LogP contribution >= 0.6 is 0 Å². The van der Waals surface area contributed by atoms with Crippen LogP contribution in [-0.2, 0) is 0 Å². The molecule has 0 saturated carbocycles. The Morgan fingerprint density at radius 3 is 2.00 bits per heavy atom. The first-order chi connectivity index (χ1) is 9.27. The first kappa shape index (κ1) is 17.0. The Balaban J connectivity index is 3.19. The van der Waals surface area contributed by atoms with Crippen LogP contribution in [0.25, 0.3) is 0 Å². The predicted molar refractivity (Wildman–Crippen MR) is 74.8 cm³/mol. The van der Waals surface area contributed by atoms with Gasteiger partial charge in [-0.2, -0.15) is 0 Å². The van der Waals surface area contributed by atoms with Crippen LogP contribution in [0.3, 0.4) is 0 Å². The van der Waals surface area contributed by atoms with Crippen LogP contribution in [0.5, 0.6) is 0 Å². The molecule has 20 heavy (non-hydrogen) atoms. The lowest BCUT2D eigenvalue weighted by Gasteiger charge is -2.36. The number of nitrogens with two attached hydrogens (primary N) is 1. The molecule has 0 amide bonds. The molecule has 1 aromatic carbocycles. The Morgan fingerprint density at radius 1 is 1.00 bits per heavy atom. The summed E-state index contributed by atoms with van der Waals surface area (Å²) in [6.07, 6.45) is 0. The summed E-state index contributed by atoms with van der Waals surface area (Å²) in [4.78, 5) is 2.01. The monoisotopic (exact) mass is 288 g/mol. The maximum atomic E-state index is 13.9. The van der Waals surface area contributed by atoms with Crippen molar-refractivity contribution in [3.05, 3.63) is 35.1 Å². The lowest BCUT2D eigenvalue weighted by molar-refractivity contribution is 0.135. The summed E-state index contributed by atoms with van der Waals surface area (Å²) < 4.78 is 40.4. The minimum absolute atomic E-state index is 0.112. The van der Waals surface area contributed by atoms with Gasteiger partial charge < -0.3 is 5.73 Å². The zero-order valence-corrected chi connectivity index (χ0v) is 12.5. The van der Waals surface area contributed by atoms with Crippen LogP contribution in [0.15, 0.2) is 12.1 Å². The van der Waals surface area contributed by atoms with E-state index in [2.05, 4.69) is 0 Å². The highest BCUT2D eigenvalue weighted by Crippen LogP contribution is 2.27. The van der Waals surface area contributed by atoms with Crippen LogP contribution in [0.1, 0.15) is 39.3 Å². The second kappa shape index (κ2) is 7.09. The number of nitrogens with zero attached hydrogens (tertiary/aromatic N) is 1. The highest BCUT2D eigenvalue weighted by molar-refractivity contribution is 5.24. The lowest BCUT2D eigenvalue weighted by Crippen LogP contribution is -2.41. The predicted octanol–water partition coefficient (Wildman–Crippen LogP) is 3.47. The molecule has 0 aliphatic heterocycles. The number of rotatable bonds is 6. The third kappa shape index (κ3) is 3.96. The summed E-state index contributed by atoms with van der Waals surface area (Å²) in [6, 6.07) is 1.16. The molecular formula is C15H23F3N2. The molecule has 0 heterocycles. The lowest BCUT2D eigenvalue weighted by atomic mass is 10.0. The molecule has 0 aliphatic rings. The van der Waals surface area contributed by atoms with E-state index in [4.69, 9.17) is 5.73 Å². The number of hydrogen-bond acceptors (Lipinski definition) is 2. The molecule has 0 aromatic heterocycles. The van der Waals surface area contributed by atoms with Gasteiger partial charge in [0.15, 0.2) is 11.6 Å². The van der Waals surface area contributed by atoms with Crippen LogP contribution in [0.2, 0.25) is 0 Å². The smallest absolute Gasteiger partial charge is 0.161 e. The molecular weight excluding hydrogens is 265 g/mol. The van der Waals surface area contributed by atoms with E-state index in [0.29, 0.717) is 18.5 Å². The van der Waals surface area contributed by atoms with Crippen LogP contribution in [0, 0.1) is 23.4 Å². The number of halogens is 3. The van der Waals surface area contributed by atoms with E-state index < -0.39 is 23.5 Å². The molecule has 1 atom stereocenters. The Labute approximate surface area is 118 Å². The Bertz CT molecular complexity index is 447. The molecule has 2 nitrogen and oxygen atoms in total. The minimum atomic E-state index is -1.18. The van der Waals surface area contributed by atoms with E-state index in [1.165, 1.54) is 0 Å². The van der Waals surface area contributed by atoms with Gasteiger partial charge in [-0.3, -0.25) is 4.90 Å². The van der Waals surface area contributed by atoms with Gasteiger partial charge in [-0.05, 0) is 25.8 Å². The largest absolute Gasteiger partial charge is 0.329 e. The van der Waals surface area contributed by atoms with Gasteiger partial charge in [0.1, 0.15) is 5.82 Å². The van der Waals surface area contributed by atoms with Crippen molar-refractivity contribution in [2.75, 3.05) is 13.1 Å². The molecule has 1 unspecified atom stereocenters. The maximum absolute atomic E-state index is 13.9. The van der Waals surface area contributed by atoms with Crippen molar-refractivity contribution in [3.8, 4) is 0 Å². The third-order valence-electron chi connectivity index (χ3n) is 3.26. The van der Waals surface area contributed by atoms with Crippen molar-refractivity contribution >= 4 is 0 Å². The van der Waals surface area contributed by atoms with Gasteiger partial charge in [-0.25, -0.2) is 13.2 Å². The highest BCUT2D eigenvalue weighted by atomic mass is 19.2. The molecule has 1 rings (SSSR count). The first-order valence-corrected chi connectivity index (χ1v) is 6.88. The normalized spacial score (nSPS) is 13.6. The second-order valence-electron chi connectivity index (χ2n) is 5.72. The SMILES string of the molecule is CC(C)CN(C(C)C)C(CN)c1cc(F)c(F)cc1F. The van der Waals surface area contributed by atoms with Crippen LogP contribution in [0.4, 0.5) is 13.2 Å². The molecule has 1 aromatic rings. The van der Waals surface area contributed by atoms with Gasteiger partial charge in [0, 0.05) is 30.8 Å². The Morgan fingerprint density at radius 2 is 1.55 bits per heavy atom. The van der Waals surface area contributed by atoms with Crippen molar-refractivity contribution in [1.29, 1.82) is 0 Å². The quantitative estimate of drug-likeness (QED) is 0.812. The van der Waals surface area contributed by atoms with Crippen LogP contribution < -0.4 is 5.73 Å². The molecule has 5 heteroatoms. The third-order valence-corrected chi connectivity index (χ3v) is 3.26. The van der Waals surface area contributed by atoms with Crippen molar-refractivity contribution < 1.29 is 13.2 Å². The average molecular weight is 288 g/mol. The van der Waals surface area contributed by atoms with E-state index in [1.807, 2.05) is 32.6 Å². The van der Waals surface area contributed by atoms with Gasteiger partial charge in [0.05, 0.1) is 6.04 Å². The van der Waals surface area contributed by atoms with E-state index >= 15 is 0 Å². The van der Waals surface area contributed by atoms with Crippen molar-refractivity contribution in [1.82, 2.24) is 4.90 Å². The van der Waals surface area contributed by atoms with Gasteiger partial charge in [0.25, 0.3) is 0 Å². The van der Waals surface area contributed by atoms with E-state index in [1.54, 1.807) is 0 Å². The number of hydrogen-bond donors (Lipinski definition) is 1. The maximum Gasteiger partial charge on any atom is 0.161 e. The van der Waals surface area contributed by atoms with Crippen molar-refractivity contribution in [2.45, 2.75) is 39.8 Å². The molecule has 0 radical (unpaired) electrons. The molecule has 2 N–H and O–H groups in total. The molecule has 0 bridgehead atoms. The summed E-state index contributed by atoms with van der Waals surface area (Å²) in [6.45, 7) is 8.89. The standard InChI is InChI=1S/C15H23F3N2/c1-9(2)8-20(10(3)4)15(7-19)11-5-13(17)14(18)6-12(11)16/h5-6,9-10,15H,7-8,19H2,1-4H3. The van der Waals surface area contributed by atoms with E-state index in [-0.39, 0.29) is 18.2 Å². The molecule has 114 valence electrons. The fraction of sp³-hybridized carbons (Fsp3) is 0.600. The summed E-state index contributed by atoms with van der Waals surface area (Å²) in [5.74, 6) is -2.62. The van der Waals surface area contributed by atoms with Crippen molar-refractivity contribution in [2.24, 2.45) is 11.7 Å². The molecule has 0 fully saturated rings. The topological polar surface area (TPSA) is 29.3 Å². The fourth-order valence-corrected chi connectivity index (χ4v) is 2.35. The molecule has 0 spiro atoms. The summed E-state index contributed by atoms with van der Waals surface area (Å²) >= 11 is 0. The first-order valence-electron chi connectivity index (χ1n) is 6.88. The Hall–Kier alpha value is -1.07. The summed E-state index contributed by atoms with van der Waals surface area (Å²) in [5, 5.41) is 0. The average Bonchev–Trinajstić information content (AvgIpc) is 2.34. The number of benzene rings is 1. The zero-order chi connectivity index (χ0) is 15.4. The van der Waals surface area contributed by atoms with Gasteiger partial charge in [-0.1, -0.05) is 13.8 Å². The summed E-state index contributed by atoms with van der Waals surface area (Å²) in [5.41, 5.74) is 5.86. The zero-order valence-electron chi connectivity index (χ0n) is 12.5. The van der Waals surface area contributed by atoms with Gasteiger partial charge >= 0.3 is 0 Å². The van der Waals surface area contributed by atoms with Crippen LogP contribution in [-0.4, -0.2) is 24.0 Å². The van der Waals surface area contributed by atoms with Gasteiger partial charge in [0.2, 0.25) is 0 Å². The van der Waals surface area contributed by atoms with E-state index in [0.717, 1.165) is 6.07 Å². The van der Waals surface area contributed by atoms with Gasteiger partial charge in [-0.15, -0.1) is 0 Å². The second-order valence-corrected chi connectivity index (χ2v) is 5.72. The summed E-state index contributed by atoms with van der Waals surface area (Å²) in [7, 11) is 0. The van der Waals surface area contributed by atoms with E-state index in [9.17, 15) is 13.2 Å².